The number of ether oxygens (including phenoxy) is 1. The Labute approximate surface area is 260 Å². The highest BCUT2D eigenvalue weighted by molar-refractivity contribution is 7.92. The van der Waals surface area contributed by atoms with Gasteiger partial charge in [0.2, 0.25) is 15.9 Å². The molecule has 0 radical (unpaired) electrons. The van der Waals surface area contributed by atoms with E-state index in [1.807, 2.05) is 85.8 Å². The Balaban J connectivity index is 1.40. The maximum absolute atomic E-state index is 12.0. The summed E-state index contributed by atoms with van der Waals surface area (Å²) in [7, 11) is -3.41. The van der Waals surface area contributed by atoms with Gasteiger partial charge < -0.3 is 20.1 Å². The number of aryl methyl sites for hydroxylation is 1. The first-order valence-electron chi connectivity index (χ1n) is 14.8. The molecule has 0 aromatic heterocycles. The second-order valence-corrected chi connectivity index (χ2v) is 12.6. The molecule has 0 heterocycles. The lowest BCUT2D eigenvalue weighted by Crippen LogP contribution is -2.24. The first-order chi connectivity index (χ1) is 21.2. The summed E-state index contributed by atoms with van der Waals surface area (Å²) in [5.74, 6) is 1.44. The normalized spacial score (nSPS) is 11.2. The number of carbonyl (C=O) groups is 1. The maximum Gasteiger partial charge on any atom is 0.229 e. The summed E-state index contributed by atoms with van der Waals surface area (Å²) < 4.78 is 32.6. The van der Waals surface area contributed by atoms with Crippen molar-refractivity contribution in [1.82, 2.24) is 5.32 Å². The van der Waals surface area contributed by atoms with E-state index in [0.717, 1.165) is 40.6 Å². The number of aliphatic hydroxyl groups excluding tert-OH is 1. The monoisotopic (exact) mass is 615 g/mol. The Kier molecular flexibility index (Phi) is 11.8. The number of carbonyl (C=O) groups excluding carboxylic acids is 1. The van der Waals surface area contributed by atoms with Crippen molar-refractivity contribution in [3.63, 3.8) is 0 Å². The van der Waals surface area contributed by atoms with Gasteiger partial charge in [-0.15, -0.1) is 0 Å². The van der Waals surface area contributed by atoms with Crippen molar-refractivity contribution >= 4 is 27.3 Å². The van der Waals surface area contributed by atoms with Crippen LogP contribution in [0.5, 0.6) is 11.5 Å². The first-order valence-corrected chi connectivity index (χ1v) is 16.7. The van der Waals surface area contributed by atoms with E-state index < -0.39 is 10.0 Å². The molecular formula is C35H41N3O5S. The van der Waals surface area contributed by atoms with E-state index >= 15 is 0 Å². The number of sulfonamides is 1. The second kappa shape index (κ2) is 15.9. The number of aliphatic hydroxyl groups is 1. The number of anilines is 2. The van der Waals surface area contributed by atoms with Crippen LogP contribution in [-0.4, -0.2) is 38.8 Å². The average molecular weight is 616 g/mol. The largest absolute Gasteiger partial charge is 0.457 e. The second-order valence-electron chi connectivity index (χ2n) is 10.8. The van der Waals surface area contributed by atoms with Gasteiger partial charge in [0.1, 0.15) is 11.5 Å². The third-order valence-corrected chi connectivity index (χ3v) is 7.75. The average Bonchev–Trinajstić information content (AvgIpc) is 3.00. The molecule has 0 aliphatic carbocycles. The SMILES string of the molecule is Cc1c(NS(C)(=O)=O)cccc1N(Cc1ccccc1)Cc1ccc(Oc2ccc(CCC(=O)NCCCCO)cc2)cc1. The molecule has 1 amide bonds. The number of unbranched alkanes of at least 4 members (excludes halogenated alkanes) is 1. The van der Waals surface area contributed by atoms with Gasteiger partial charge in [-0.25, -0.2) is 8.42 Å². The minimum absolute atomic E-state index is 0.0131. The number of rotatable bonds is 16. The molecule has 0 saturated heterocycles. The minimum Gasteiger partial charge on any atom is -0.457 e. The highest BCUT2D eigenvalue weighted by Gasteiger charge is 2.15. The van der Waals surface area contributed by atoms with Gasteiger partial charge in [-0.1, -0.05) is 60.7 Å². The number of hydrogen-bond acceptors (Lipinski definition) is 6. The third kappa shape index (κ3) is 10.4. The zero-order valence-electron chi connectivity index (χ0n) is 25.3. The van der Waals surface area contributed by atoms with E-state index in [0.29, 0.717) is 56.1 Å². The predicted octanol–water partition coefficient (Wildman–Crippen LogP) is 6.19. The summed E-state index contributed by atoms with van der Waals surface area (Å²) in [6, 6.07) is 31.6. The molecule has 0 spiro atoms. The van der Waals surface area contributed by atoms with Crippen LogP contribution in [0.25, 0.3) is 0 Å². The first kappa shape index (κ1) is 32.6. The lowest BCUT2D eigenvalue weighted by molar-refractivity contribution is -0.121. The zero-order valence-corrected chi connectivity index (χ0v) is 26.1. The molecule has 0 saturated carbocycles. The van der Waals surface area contributed by atoms with Crippen LogP contribution in [0.2, 0.25) is 0 Å². The fourth-order valence-electron chi connectivity index (χ4n) is 4.86. The molecule has 3 N–H and O–H groups in total. The Hall–Kier alpha value is -4.34. The highest BCUT2D eigenvalue weighted by atomic mass is 32.2. The molecule has 0 atom stereocenters. The van der Waals surface area contributed by atoms with Crippen molar-refractivity contribution in [3.8, 4) is 11.5 Å². The highest BCUT2D eigenvalue weighted by Crippen LogP contribution is 2.30. The Morgan fingerprint density at radius 3 is 2.02 bits per heavy atom. The number of hydrogen-bond donors (Lipinski definition) is 3. The molecule has 4 aromatic rings. The van der Waals surface area contributed by atoms with Crippen molar-refractivity contribution in [2.45, 2.75) is 45.7 Å². The van der Waals surface area contributed by atoms with Gasteiger partial charge in [0.15, 0.2) is 0 Å². The van der Waals surface area contributed by atoms with Crippen LogP contribution in [0.4, 0.5) is 11.4 Å². The van der Waals surface area contributed by atoms with E-state index in [4.69, 9.17) is 9.84 Å². The number of nitrogens with zero attached hydrogens (tertiary/aromatic N) is 1. The summed E-state index contributed by atoms with van der Waals surface area (Å²) in [5.41, 5.74) is 5.66. The van der Waals surface area contributed by atoms with Crippen LogP contribution in [0.1, 0.15) is 41.5 Å². The van der Waals surface area contributed by atoms with Crippen LogP contribution in [0.3, 0.4) is 0 Å². The van der Waals surface area contributed by atoms with E-state index in [1.54, 1.807) is 6.07 Å². The fourth-order valence-corrected chi connectivity index (χ4v) is 5.48. The number of benzene rings is 4. The third-order valence-electron chi connectivity index (χ3n) is 7.16. The Bertz CT molecular complexity index is 1590. The van der Waals surface area contributed by atoms with Gasteiger partial charge in [-0.3, -0.25) is 9.52 Å². The van der Waals surface area contributed by atoms with Gasteiger partial charge in [0, 0.05) is 38.3 Å². The smallest absolute Gasteiger partial charge is 0.229 e. The molecule has 9 heteroatoms. The van der Waals surface area contributed by atoms with Crippen LogP contribution in [0.15, 0.2) is 97.1 Å². The van der Waals surface area contributed by atoms with E-state index in [9.17, 15) is 13.2 Å². The van der Waals surface area contributed by atoms with Gasteiger partial charge in [-0.05, 0) is 84.8 Å². The topological polar surface area (TPSA) is 108 Å². The molecule has 4 rings (SSSR count). The van der Waals surface area contributed by atoms with Gasteiger partial charge in [0.25, 0.3) is 0 Å². The quantitative estimate of drug-likeness (QED) is 0.130. The lowest BCUT2D eigenvalue weighted by Gasteiger charge is -2.28. The molecule has 0 aliphatic rings. The van der Waals surface area contributed by atoms with Crippen molar-refractivity contribution < 1.29 is 23.1 Å². The van der Waals surface area contributed by atoms with Crippen molar-refractivity contribution in [2.24, 2.45) is 0 Å². The molecule has 232 valence electrons. The van der Waals surface area contributed by atoms with E-state index in [-0.39, 0.29) is 12.5 Å². The zero-order chi connectivity index (χ0) is 31.4. The minimum atomic E-state index is -3.41. The van der Waals surface area contributed by atoms with Crippen molar-refractivity contribution in [1.29, 1.82) is 0 Å². The van der Waals surface area contributed by atoms with Crippen LogP contribution in [-0.2, 0) is 34.3 Å². The molecule has 0 aliphatic heterocycles. The van der Waals surface area contributed by atoms with Crippen LogP contribution < -0.4 is 19.7 Å². The van der Waals surface area contributed by atoms with Crippen LogP contribution in [0, 0.1) is 6.92 Å². The summed E-state index contributed by atoms with van der Waals surface area (Å²) in [6.07, 6.45) is 3.69. The van der Waals surface area contributed by atoms with E-state index in [2.05, 4.69) is 27.1 Å². The molecule has 0 unspecified atom stereocenters. The summed E-state index contributed by atoms with van der Waals surface area (Å²) in [6.45, 7) is 3.93. The Morgan fingerprint density at radius 2 is 1.41 bits per heavy atom. The lowest BCUT2D eigenvalue weighted by atomic mass is 10.1. The standard InChI is InChI=1S/C35H41N3O5S/c1-27-33(37-44(2,41)42)11-8-12-34(27)38(25-29-9-4-3-5-10-29)26-30-15-20-32(21-16-30)43-31-18-13-28(14-19-31)17-22-35(40)36-23-6-7-24-39/h3-5,8-16,18-21,37,39H,6-7,17,22-26H2,1-2H3,(H,36,40). The Morgan fingerprint density at radius 1 is 0.795 bits per heavy atom. The number of amides is 1. The number of nitrogens with one attached hydrogen (secondary N) is 2. The van der Waals surface area contributed by atoms with Crippen molar-refractivity contribution in [2.75, 3.05) is 29.0 Å². The van der Waals surface area contributed by atoms with Crippen molar-refractivity contribution in [3.05, 3.63) is 119 Å². The van der Waals surface area contributed by atoms with Gasteiger partial charge >= 0.3 is 0 Å². The maximum atomic E-state index is 12.0. The predicted molar refractivity (Wildman–Crippen MR) is 177 cm³/mol. The molecule has 4 aromatic carbocycles. The van der Waals surface area contributed by atoms with Gasteiger partial charge in [-0.2, -0.15) is 0 Å². The molecule has 0 bridgehead atoms. The summed E-state index contributed by atoms with van der Waals surface area (Å²) >= 11 is 0. The van der Waals surface area contributed by atoms with E-state index in [1.165, 1.54) is 0 Å². The summed E-state index contributed by atoms with van der Waals surface area (Å²) in [5, 5.41) is 11.7. The molecule has 44 heavy (non-hydrogen) atoms. The summed E-state index contributed by atoms with van der Waals surface area (Å²) in [4.78, 5) is 14.2. The molecule has 0 fully saturated rings. The molecule has 8 nitrogen and oxygen atoms in total. The molecular weight excluding hydrogens is 574 g/mol. The van der Waals surface area contributed by atoms with Crippen LogP contribution >= 0.6 is 0 Å². The van der Waals surface area contributed by atoms with Gasteiger partial charge in [0.05, 0.1) is 11.9 Å². The fraction of sp³-hybridized carbons (Fsp3) is 0.286.